The number of guanidine groups is 1. The van der Waals surface area contributed by atoms with Crippen molar-refractivity contribution >= 4 is 11.9 Å². The Bertz CT molecular complexity index is 376. The Labute approximate surface area is 128 Å². The Balaban J connectivity index is 2.47. The zero-order valence-corrected chi connectivity index (χ0v) is 13.9. The van der Waals surface area contributed by atoms with E-state index < -0.39 is 0 Å². The summed E-state index contributed by atoms with van der Waals surface area (Å²) in [6.07, 6.45) is 6.10. The summed E-state index contributed by atoms with van der Waals surface area (Å²) in [6, 6.07) is 0.298. The fraction of sp³-hybridized carbons (Fsp3) is 0.750. The molecule has 21 heavy (non-hydrogen) atoms. The van der Waals surface area contributed by atoms with Crippen LogP contribution in [0, 0.1) is 5.92 Å². The molecule has 5 heteroatoms. The fourth-order valence-electron chi connectivity index (χ4n) is 2.37. The molecule has 0 saturated carbocycles. The predicted octanol–water partition coefficient (Wildman–Crippen LogP) is 1.76. The molecule has 0 spiro atoms. The van der Waals surface area contributed by atoms with Gasteiger partial charge in [-0.15, -0.1) is 0 Å². The van der Waals surface area contributed by atoms with Crippen LogP contribution in [0.25, 0.3) is 0 Å². The minimum Gasteiger partial charge on any atom is -0.357 e. The van der Waals surface area contributed by atoms with E-state index in [1.54, 1.807) is 0 Å². The van der Waals surface area contributed by atoms with E-state index in [0.717, 1.165) is 45.0 Å². The molecule has 1 saturated heterocycles. The highest BCUT2D eigenvalue weighted by Gasteiger charge is 2.27. The van der Waals surface area contributed by atoms with Gasteiger partial charge in [0, 0.05) is 38.1 Å². The third-order valence-electron chi connectivity index (χ3n) is 3.48. The Kier molecular flexibility index (Phi) is 7.87. The number of likely N-dealkylation sites (tertiary alicyclic amines) is 1. The van der Waals surface area contributed by atoms with Crippen LogP contribution in [0.15, 0.2) is 17.1 Å². The van der Waals surface area contributed by atoms with Crippen LogP contribution in [0.4, 0.5) is 0 Å². The summed E-state index contributed by atoms with van der Waals surface area (Å²) in [5.41, 5.74) is 0. The molecule has 120 valence electrons. The maximum Gasteiger partial charge on any atom is 0.225 e. The summed E-state index contributed by atoms with van der Waals surface area (Å²) in [6.45, 7) is 11.2. The highest BCUT2D eigenvalue weighted by Crippen LogP contribution is 2.12. The fourth-order valence-corrected chi connectivity index (χ4v) is 2.37. The monoisotopic (exact) mass is 294 g/mol. The van der Waals surface area contributed by atoms with Gasteiger partial charge in [-0.25, -0.2) is 0 Å². The summed E-state index contributed by atoms with van der Waals surface area (Å²) < 4.78 is 0. The first-order valence-electron chi connectivity index (χ1n) is 8.03. The number of nitrogens with one attached hydrogen (secondary N) is 2. The Morgan fingerprint density at radius 1 is 1.48 bits per heavy atom. The number of amides is 1. The van der Waals surface area contributed by atoms with Crippen LogP contribution in [0.2, 0.25) is 0 Å². The first kappa shape index (κ1) is 17.5. The average Bonchev–Trinajstić information content (AvgIpc) is 2.91. The van der Waals surface area contributed by atoms with Crippen molar-refractivity contribution in [1.29, 1.82) is 0 Å². The molecule has 0 aromatic rings. The number of carbonyl (C=O) groups is 1. The van der Waals surface area contributed by atoms with Crippen LogP contribution in [0.5, 0.6) is 0 Å². The smallest absolute Gasteiger partial charge is 0.225 e. The molecule has 1 aliphatic rings. The second-order valence-corrected chi connectivity index (χ2v) is 5.69. The minimum atomic E-state index is 0.0754. The van der Waals surface area contributed by atoms with Crippen molar-refractivity contribution in [2.45, 2.75) is 46.6 Å². The molecule has 2 N–H and O–H groups in total. The second-order valence-electron chi connectivity index (χ2n) is 5.69. The molecule has 1 fully saturated rings. The van der Waals surface area contributed by atoms with Crippen molar-refractivity contribution in [3.63, 3.8) is 0 Å². The van der Waals surface area contributed by atoms with Crippen molar-refractivity contribution in [2.24, 2.45) is 10.9 Å². The predicted molar refractivity (Wildman–Crippen MR) is 88.4 cm³/mol. The summed E-state index contributed by atoms with van der Waals surface area (Å²) in [4.78, 5) is 18.5. The van der Waals surface area contributed by atoms with E-state index in [9.17, 15) is 4.79 Å². The van der Waals surface area contributed by atoms with Crippen molar-refractivity contribution in [3.8, 4) is 0 Å². The molecule has 1 amide bonds. The van der Waals surface area contributed by atoms with Gasteiger partial charge in [0.15, 0.2) is 5.96 Å². The Hall–Kier alpha value is -1.52. The Morgan fingerprint density at radius 3 is 2.86 bits per heavy atom. The largest absolute Gasteiger partial charge is 0.357 e. The maximum atomic E-state index is 12.0. The van der Waals surface area contributed by atoms with E-state index in [2.05, 4.69) is 28.6 Å². The minimum absolute atomic E-state index is 0.0754. The van der Waals surface area contributed by atoms with Crippen LogP contribution < -0.4 is 10.6 Å². The SMILES string of the molecule is C/C=C/CCN=C(NCC)NC1CCN(C(=O)C(C)C)C1. The zero-order chi connectivity index (χ0) is 15.7. The number of hydrogen-bond donors (Lipinski definition) is 2. The topological polar surface area (TPSA) is 56.7 Å². The van der Waals surface area contributed by atoms with Gasteiger partial charge in [0.1, 0.15) is 0 Å². The average molecular weight is 294 g/mol. The summed E-state index contributed by atoms with van der Waals surface area (Å²) in [7, 11) is 0. The van der Waals surface area contributed by atoms with E-state index in [0.29, 0.717) is 6.04 Å². The molecule has 1 rings (SSSR count). The number of allylic oxidation sites excluding steroid dienone is 1. The van der Waals surface area contributed by atoms with Gasteiger partial charge in [-0.3, -0.25) is 9.79 Å². The van der Waals surface area contributed by atoms with Gasteiger partial charge in [-0.1, -0.05) is 26.0 Å². The number of aliphatic imine (C=N–C) groups is 1. The van der Waals surface area contributed by atoms with Gasteiger partial charge in [0.2, 0.25) is 5.91 Å². The molecule has 0 aromatic carbocycles. The first-order valence-corrected chi connectivity index (χ1v) is 8.03. The van der Waals surface area contributed by atoms with Crippen molar-refractivity contribution in [1.82, 2.24) is 15.5 Å². The van der Waals surface area contributed by atoms with Crippen LogP contribution >= 0.6 is 0 Å². The number of carbonyl (C=O) groups excluding carboxylic acids is 1. The van der Waals surface area contributed by atoms with Crippen LogP contribution in [-0.4, -0.2) is 49.0 Å². The van der Waals surface area contributed by atoms with E-state index >= 15 is 0 Å². The molecular formula is C16H30N4O. The molecule has 0 aromatic heterocycles. The van der Waals surface area contributed by atoms with E-state index in [4.69, 9.17) is 0 Å². The number of nitrogens with zero attached hydrogens (tertiary/aromatic N) is 2. The van der Waals surface area contributed by atoms with Crippen molar-refractivity contribution in [3.05, 3.63) is 12.2 Å². The standard InChI is InChI=1S/C16H30N4O/c1-5-7-8-10-18-16(17-6-2)19-14-9-11-20(12-14)15(21)13(3)4/h5,7,13-14H,6,8-12H2,1-4H3,(H2,17,18,19)/b7-5+. The van der Waals surface area contributed by atoms with Gasteiger partial charge in [-0.2, -0.15) is 0 Å². The lowest BCUT2D eigenvalue weighted by Gasteiger charge is -2.20. The summed E-state index contributed by atoms with van der Waals surface area (Å²) in [5.74, 6) is 1.17. The zero-order valence-electron chi connectivity index (χ0n) is 13.9. The van der Waals surface area contributed by atoms with E-state index in [1.165, 1.54) is 0 Å². The number of hydrogen-bond acceptors (Lipinski definition) is 2. The van der Waals surface area contributed by atoms with Crippen LogP contribution in [-0.2, 0) is 4.79 Å². The third-order valence-corrected chi connectivity index (χ3v) is 3.48. The quantitative estimate of drug-likeness (QED) is 0.340. The molecule has 1 atom stereocenters. The molecule has 0 radical (unpaired) electrons. The molecule has 0 aliphatic carbocycles. The molecule has 1 unspecified atom stereocenters. The molecular weight excluding hydrogens is 264 g/mol. The third kappa shape index (κ3) is 6.19. The molecule has 0 bridgehead atoms. The highest BCUT2D eigenvalue weighted by atomic mass is 16.2. The molecule has 5 nitrogen and oxygen atoms in total. The lowest BCUT2D eigenvalue weighted by atomic mass is 10.2. The first-order chi connectivity index (χ1) is 10.1. The molecule has 1 aliphatic heterocycles. The molecule has 1 heterocycles. The maximum absolute atomic E-state index is 12.0. The second kappa shape index (κ2) is 9.42. The Morgan fingerprint density at radius 2 is 2.24 bits per heavy atom. The van der Waals surface area contributed by atoms with Gasteiger partial charge in [0.25, 0.3) is 0 Å². The number of rotatable bonds is 6. The normalized spacial score (nSPS) is 19.6. The van der Waals surface area contributed by atoms with Gasteiger partial charge < -0.3 is 15.5 Å². The van der Waals surface area contributed by atoms with Gasteiger partial charge in [0.05, 0.1) is 0 Å². The lowest BCUT2D eigenvalue weighted by molar-refractivity contribution is -0.133. The van der Waals surface area contributed by atoms with Crippen LogP contribution in [0.1, 0.15) is 40.5 Å². The van der Waals surface area contributed by atoms with Crippen molar-refractivity contribution < 1.29 is 4.79 Å². The van der Waals surface area contributed by atoms with Gasteiger partial charge in [-0.05, 0) is 26.7 Å². The highest BCUT2D eigenvalue weighted by molar-refractivity contribution is 5.81. The summed E-state index contributed by atoms with van der Waals surface area (Å²) in [5, 5.41) is 6.70. The lowest BCUT2D eigenvalue weighted by Crippen LogP contribution is -2.45. The van der Waals surface area contributed by atoms with Crippen molar-refractivity contribution in [2.75, 3.05) is 26.2 Å². The van der Waals surface area contributed by atoms with Crippen LogP contribution in [0.3, 0.4) is 0 Å². The summed E-state index contributed by atoms with van der Waals surface area (Å²) >= 11 is 0. The van der Waals surface area contributed by atoms with Gasteiger partial charge >= 0.3 is 0 Å². The van der Waals surface area contributed by atoms with E-state index in [-0.39, 0.29) is 11.8 Å². The van der Waals surface area contributed by atoms with E-state index in [1.807, 2.05) is 31.7 Å².